The number of aliphatic imine (C=N–C) groups is 1. The van der Waals surface area contributed by atoms with Crippen LogP contribution in [0, 0.1) is 0 Å². The number of thioether (sulfide) groups is 1. The van der Waals surface area contributed by atoms with E-state index in [-0.39, 0.29) is 30.5 Å². The van der Waals surface area contributed by atoms with E-state index in [2.05, 4.69) is 39.7 Å². The minimum Gasteiger partial charge on any atom is -0.357 e. The highest BCUT2D eigenvalue weighted by Crippen LogP contribution is 2.30. The molecule has 0 spiro atoms. The number of guanidine groups is 1. The molecule has 0 amide bonds. The molecule has 1 aromatic heterocycles. The van der Waals surface area contributed by atoms with Crippen LogP contribution in [0.2, 0.25) is 0 Å². The van der Waals surface area contributed by atoms with E-state index >= 15 is 0 Å². The van der Waals surface area contributed by atoms with Gasteiger partial charge in [-0.3, -0.25) is 0 Å². The third kappa shape index (κ3) is 8.69. The van der Waals surface area contributed by atoms with Crippen molar-refractivity contribution in [1.82, 2.24) is 15.6 Å². The zero-order chi connectivity index (χ0) is 19.0. The lowest BCUT2D eigenvalue weighted by Gasteiger charge is -2.15. The van der Waals surface area contributed by atoms with Crippen LogP contribution in [-0.4, -0.2) is 29.3 Å². The van der Waals surface area contributed by atoms with Crippen molar-refractivity contribution in [2.24, 2.45) is 4.99 Å². The lowest BCUT2D eigenvalue weighted by atomic mass is 10.4. The van der Waals surface area contributed by atoms with Crippen LogP contribution in [0.1, 0.15) is 24.5 Å². The molecule has 2 aromatic rings. The van der Waals surface area contributed by atoms with Crippen LogP contribution in [0.25, 0.3) is 0 Å². The molecular formula is C17H22F3IN4S2. The first-order valence-electron chi connectivity index (χ1n) is 8.14. The van der Waals surface area contributed by atoms with Gasteiger partial charge >= 0.3 is 6.18 Å². The van der Waals surface area contributed by atoms with Gasteiger partial charge in [0, 0.05) is 28.6 Å². The summed E-state index contributed by atoms with van der Waals surface area (Å²) in [5, 5.41) is 7.97. The van der Waals surface area contributed by atoms with E-state index in [0.717, 1.165) is 16.7 Å². The lowest BCUT2D eigenvalue weighted by molar-refractivity contribution is -0.140. The van der Waals surface area contributed by atoms with E-state index in [1.807, 2.05) is 25.1 Å². The molecule has 2 N–H and O–H groups in total. The molecule has 27 heavy (non-hydrogen) atoms. The van der Waals surface area contributed by atoms with Gasteiger partial charge in [-0.05, 0) is 19.1 Å². The number of rotatable bonds is 7. The Morgan fingerprint density at radius 1 is 1.26 bits per heavy atom. The maximum Gasteiger partial charge on any atom is 0.434 e. The number of alkyl halides is 3. The Morgan fingerprint density at radius 2 is 1.96 bits per heavy atom. The molecule has 1 atom stereocenters. The van der Waals surface area contributed by atoms with Gasteiger partial charge in [0.25, 0.3) is 0 Å². The van der Waals surface area contributed by atoms with Gasteiger partial charge < -0.3 is 10.6 Å². The van der Waals surface area contributed by atoms with Crippen LogP contribution in [-0.2, 0) is 12.7 Å². The average Bonchev–Trinajstić information content (AvgIpc) is 3.08. The topological polar surface area (TPSA) is 49.3 Å². The normalized spacial score (nSPS) is 13.0. The van der Waals surface area contributed by atoms with Crippen molar-refractivity contribution in [3.63, 3.8) is 0 Å². The first kappa shape index (κ1) is 24.0. The second-order valence-corrected chi connectivity index (χ2v) is 7.90. The van der Waals surface area contributed by atoms with Crippen molar-refractivity contribution >= 4 is 53.0 Å². The average molecular weight is 530 g/mol. The zero-order valence-electron chi connectivity index (χ0n) is 14.9. The Balaban J connectivity index is 0.00000364. The Morgan fingerprint density at radius 3 is 2.56 bits per heavy atom. The standard InChI is InChI=1S/C17H21F3N4S2.HI/c1-3-21-16(22-9-12(2)26-13-7-5-4-6-8-13)23-10-15-24-14(11-25-15)17(18,19)20;/h4-8,11-12H,3,9-10H2,1-2H3,(H2,21,22,23);1H. The van der Waals surface area contributed by atoms with Crippen molar-refractivity contribution in [2.45, 2.75) is 36.7 Å². The van der Waals surface area contributed by atoms with Gasteiger partial charge in [0.2, 0.25) is 0 Å². The molecule has 2 rings (SSSR count). The molecular weight excluding hydrogens is 508 g/mol. The van der Waals surface area contributed by atoms with Gasteiger partial charge in [-0.1, -0.05) is 25.1 Å². The molecule has 0 radical (unpaired) electrons. The smallest absolute Gasteiger partial charge is 0.357 e. The van der Waals surface area contributed by atoms with Crippen LogP contribution >= 0.6 is 47.1 Å². The molecule has 1 aromatic carbocycles. The fourth-order valence-corrected chi connectivity index (χ4v) is 3.69. The van der Waals surface area contributed by atoms with Gasteiger partial charge in [-0.15, -0.1) is 47.1 Å². The van der Waals surface area contributed by atoms with Gasteiger partial charge in [-0.2, -0.15) is 13.2 Å². The van der Waals surface area contributed by atoms with E-state index in [1.165, 1.54) is 4.90 Å². The maximum absolute atomic E-state index is 12.6. The highest BCUT2D eigenvalue weighted by atomic mass is 127. The summed E-state index contributed by atoms with van der Waals surface area (Å²) in [6.07, 6.45) is -4.41. The predicted octanol–water partition coefficient (Wildman–Crippen LogP) is 5.02. The number of nitrogens with one attached hydrogen (secondary N) is 2. The lowest BCUT2D eigenvalue weighted by Crippen LogP contribution is -2.40. The van der Waals surface area contributed by atoms with Gasteiger partial charge in [0.1, 0.15) is 5.01 Å². The van der Waals surface area contributed by atoms with Crippen LogP contribution in [0.15, 0.2) is 45.6 Å². The van der Waals surface area contributed by atoms with Gasteiger partial charge in [-0.25, -0.2) is 9.98 Å². The zero-order valence-corrected chi connectivity index (χ0v) is 18.9. The van der Waals surface area contributed by atoms with Crippen molar-refractivity contribution in [3.05, 3.63) is 46.4 Å². The Hall–Kier alpha value is -1.01. The third-order valence-electron chi connectivity index (χ3n) is 3.20. The summed E-state index contributed by atoms with van der Waals surface area (Å²) >= 11 is 2.71. The summed E-state index contributed by atoms with van der Waals surface area (Å²) in [6.45, 7) is 5.49. The molecule has 1 heterocycles. The molecule has 0 aliphatic rings. The molecule has 1 unspecified atom stereocenters. The van der Waals surface area contributed by atoms with Crippen LogP contribution in [0.5, 0.6) is 0 Å². The van der Waals surface area contributed by atoms with E-state index in [9.17, 15) is 13.2 Å². The monoisotopic (exact) mass is 530 g/mol. The molecule has 0 saturated heterocycles. The number of hydrogen-bond acceptors (Lipinski definition) is 4. The van der Waals surface area contributed by atoms with E-state index in [0.29, 0.717) is 29.3 Å². The fraction of sp³-hybridized carbons (Fsp3) is 0.412. The fourth-order valence-electron chi connectivity index (χ4n) is 2.02. The minimum absolute atomic E-state index is 0. The molecule has 0 aliphatic carbocycles. The maximum atomic E-state index is 12.6. The SMILES string of the molecule is CCNC(=NCc1nc(C(F)(F)F)cs1)NCC(C)Sc1ccccc1.I. The van der Waals surface area contributed by atoms with Gasteiger partial charge in [0.05, 0.1) is 6.54 Å². The molecule has 0 saturated carbocycles. The number of halogens is 4. The summed E-state index contributed by atoms with van der Waals surface area (Å²) in [5.41, 5.74) is -0.862. The number of benzene rings is 1. The van der Waals surface area contributed by atoms with E-state index < -0.39 is 11.9 Å². The van der Waals surface area contributed by atoms with Crippen LogP contribution < -0.4 is 10.6 Å². The van der Waals surface area contributed by atoms with Crippen LogP contribution in [0.4, 0.5) is 13.2 Å². The molecule has 4 nitrogen and oxygen atoms in total. The largest absolute Gasteiger partial charge is 0.434 e. The Kier molecular flexibility index (Phi) is 10.5. The number of hydrogen-bond donors (Lipinski definition) is 2. The van der Waals surface area contributed by atoms with Crippen molar-refractivity contribution in [1.29, 1.82) is 0 Å². The quantitative estimate of drug-likeness (QED) is 0.229. The highest BCUT2D eigenvalue weighted by molar-refractivity contribution is 14.0. The summed E-state index contributed by atoms with van der Waals surface area (Å²) in [5.74, 6) is 0.566. The molecule has 0 fully saturated rings. The second kappa shape index (κ2) is 11.7. The minimum atomic E-state index is -4.41. The highest BCUT2D eigenvalue weighted by Gasteiger charge is 2.33. The molecule has 150 valence electrons. The van der Waals surface area contributed by atoms with E-state index in [1.54, 1.807) is 11.8 Å². The second-order valence-electron chi connectivity index (χ2n) is 5.44. The molecule has 10 heteroatoms. The first-order chi connectivity index (χ1) is 12.4. The predicted molar refractivity (Wildman–Crippen MR) is 117 cm³/mol. The van der Waals surface area contributed by atoms with E-state index in [4.69, 9.17) is 0 Å². The van der Waals surface area contributed by atoms with Crippen molar-refractivity contribution in [2.75, 3.05) is 13.1 Å². The van der Waals surface area contributed by atoms with Crippen molar-refractivity contribution in [3.8, 4) is 0 Å². The summed E-state index contributed by atoms with van der Waals surface area (Å²) in [7, 11) is 0. The molecule has 0 aliphatic heterocycles. The van der Waals surface area contributed by atoms with Gasteiger partial charge in [0.15, 0.2) is 11.7 Å². The van der Waals surface area contributed by atoms with Crippen molar-refractivity contribution < 1.29 is 13.2 Å². The van der Waals surface area contributed by atoms with Crippen LogP contribution in [0.3, 0.4) is 0 Å². The Bertz CT molecular complexity index is 708. The summed E-state index contributed by atoms with van der Waals surface area (Å²) in [6, 6.07) is 10.1. The Labute approximate surface area is 182 Å². The number of nitrogens with zero attached hydrogens (tertiary/aromatic N) is 2. The summed E-state index contributed by atoms with van der Waals surface area (Å²) in [4.78, 5) is 9.10. The summed E-state index contributed by atoms with van der Waals surface area (Å²) < 4.78 is 37.8. The number of aromatic nitrogens is 1. The third-order valence-corrected chi connectivity index (χ3v) is 5.14. The number of thiazole rings is 1. The first-order valence-corrected chi connectivity index (χ1v) is 9.90. The molecule has 0 bridgehead atoms.